The molecule has 0 saturated carbocycles. The number of unbranched alkanes of at least 4 members (excludes halogenated alkanes) is 1. The lowest BCUT2D eigenvalue weighted by atomic mass is 10.2. The molecule has 0 unspecified atom stereocenters. The van der Waals surface area contributed by atoms with Gasteiger partial charge in [-0.15, -0.1) is 0 Å². The predicted molar refractivity (Wildman–Crippen MR) is 120 cm³/mol. The van der Waals surface area contributed by atoms with E-state index in [0.29, 0.717) is 47.7 Å². The minimum atomic E-state index is -0.340. The molecular formula is C22H23FN8O2. The molecule has 4 rings (SSSR count). The van der Waals surface area contributed by atoms with Crippen LogP contribution in [-0.4, -0.2) is 37.4 Å². The molecule has 0 atom stereocenters. The maximum absolute atomic E-state index is 14.2. The first kappa shape index (κ1) is 22.1. The summed E-state index contributed by atoms with van der Waals surface area (Å²) in [6.07, 6.45) is 4.66. The van der Waals surface area contributed by atoms with Crippen LogP contribution in [0.25, 0.3) is 22.9 Å². The zero-order valence-electron chi connectivity index (χ0n) is 17.7. The number of rotatable bonds is 9. The lowest BCUT2D eigenvalue weighted by Crippen LogP contribution is -2.14. The van der Waals surface area contributed by atoms with Crippen molar-refractivity contribution in [1.82, 2.24) is 24.9 Å². The van der Waals surface area contributed by atoms with E-state index in [4.69, 9.17) is 16.0 Å². The van der Waals surface area contributed by atoms with E-state index in [-0.39, 0.29) is 29.9 Å². The van der Waals surface area contributed by atoms with Crippen molar-refractivity contribution in [1.29, 1.82) is 0 Å². The van der Waals surface area contributed by atoms with E-state index >= 15 is 0 Å². The van der Waals surface area contributed by atoms with Gasteiger partial charge in [0, 0.05) is 18.1 Å². The van der Waals surface area contributed by atoms with Gasteiger partial charge in [-0.2, -0.15) is 5.10 Å². The number of carbonyl (C=O) groups excluding carboxylic acids is 1. The molecule has 0 aliphatic heterocycles. The van der Waals surface area contributed by atoms with E-state index in [1.165, 1.54) is 18.5 Å². The van der Waals surface area contributed by atoms with Crippen LogP contribution in [0.4, 0.5) is 15.9 Å². The molecule has 0 radical (unpaired) electrons. The van der Waals surface area contributed by atoms with E-state index < -0.39 is 0 Å². The molecule has 1 amide bonds. The summed E-state index contributed by atoms with van der Waals surface area (Å²) in [6, 6.07) is 9.85. The first-order chi connectivity index (χ1) is 16.0. The Morgan fingerprint density at radius 1 is 1.18 bits per heavy atom. The second-order valence-corrected chi connectivity index (χ2v) is 7.34. The number of nitrogen functional groups attached to an aromatic ring is 1. The molecule has 3 aromatic heterocycles. The topological polar surface area (TPSA) is 151 Å². The molecule has 0 bridgehead atoms. The van der Waals surface area contributed by atoms with Crippen LogP contribution in [0.15, 0.2) is 53.4 Å². The van der Waals surface area contributed by atoms with E-state index in [9.17, 15) is 9.18 Å². The molecule has 1 aromatic carbocycles. The van der Waals surface area contributed by atoms with Gasteiger partial charge in [0.2, 0.25) is 5.91 Å². The summed E-state index contributed by atoms with van der Waals surface area (Å²) in [5.41, 5.74) is 13.8. The van der Waals surface area contributed by atoms with Gasteiger partial charge in [-0.25, -0.2) is 14.4 Å². The normalized spacial score (nSPS) is 11.0. The van der Waals surface area contributed by atoms with Gasteiger partial charge in [-0.05, 0) is 31.5 Å². The monoisotopic (exact) mass is 450 g/mol. The van der Waals surface area contributed by atoms with Crippen LogP contribution < -0.4 is 16.8 Å². The fourth-order valence-electron chi connectivity index (χ4n) is 3.24. The van der Waals surface area contributed by atoms with E-state index in [1.807, 2.05) is 0 Å². The lowest BCUT2D eigenvalue weighted by Gasteiger charge is -2.08. The van der Waals surface area contributed by atoms with E-state index in [1.54, 1.807) is 35.0 Å². The zero-order chi connectivity index (χ0) is 23.2. The number of nitrogens with one attached hydrogen (secondary N) is 1. The number of amides is 1. The van der Waals surface area contributed by atoms with Gasteiger partial charge in [-0.3, -0.25) is 9.48 Å². The van der Waals surface area contributed by atoms with Gasteiger partial charge in [-0.1, -0.05) is 23.4 Å². The van der Waals surface area contributed by atoms with Gasteiger partial charge in [0.1, 0.15) is 29.2 Å². The summed E-state index contributed by atoms with van der Waals surface area (Å²) in [5, 5.41) is 11.2. The number of aromatic nitrogens is 5. The number of hydrogen-bond donors (Lipinski definition) is 3. The first-order valence-electron chi connectivity index (χ1n) is 10.4. The average Bonchev–Trinajstić information content (AvgIpc) is 3.47. The third-order valence-corrected chi connectivity index (χ3v) is 4.94. The Balaban J connectivity index is 1.60. The molecule has 10 nitrogen and oxygen atoms in total. The SMILES string of the molecule is NCCCCC(=O)Nc1cnc(-c2cc(-c3ccon3)n(Cc3ccccc3F)n2)nc1N. The highest BCUT2D eigenvalue weighted by Crippen LogP contribution is 2.26. The van der Waals surface area contributed by atoms with Crippen LogP contribution in [0.3, 0.4) is 0 Å². The van der Waals surface area contributed by atoms with Crippen LogP contribution >= 0.6 is 0 Å². The summed E-state index contributed by atoms with van der Waals surface area (Å²) in [5.74, 6) is -0.161. The Hall–Kier alpha value is -4.12. The van der Waals surface area contributed by atoms with Crippen molar-refractivity contribution in [3.05, 3.63) is 60.2 Å². The number of carbonyl (C=O) groups is 1. The van der Waals surface area contributed by atoms with Crippen LogP contribution in [-0.2, 0) is 11.3 Å². The van der Waals surface area contributed by atoms with Crippen molar-refractivity contribution in [2.45, 2.75) is 25.8 Å². The van der Waals surface area contributed by atoms with Crippen LogP contribution in [0.2, 0.25) is 0 Å². The summed E-state index contributed by atoms with van der Waals surface area (Å²) < 4.78 is 20.8. The molecular weight excluding hydrogens is 427 g/mol. The Labute approximate surface area is 188 Å². The second-order valence-electron chi connectivity index (χ2n) is 7.34. The third-order valence-electron chi connectivity index (χ3n) is 4.94. The van der Waals surface area contributed by atoms with Crippen molar-refractivity contribution in [2.75, 3.05) is 17.6 Å². The quantitative estimate of drug-likeness (QED) is 0.329. The van der Waals surface area contributed by atoms with Gasteiger partial charge < -0.3 is 21.3 Å². The third kappa shape index (κ3) is 5.21. The molecule has 170 valence electrons. The molecule has 0 aliphatic carbocycles. The smallest absolute Gasteiger partial charge is 0.224 e. The molecule has 0 saturated heterocycles. The number of halogens is 1. The Morgan fingerprint density at radius 3 is 2.76 bits per heavy atom. The zero-order valence-corrected chi connectivity index (χ0v) is 17.7. The molecule has 0 aliphatic rings. The fourth-order valence-corrected chi connectivity index (χ4v) is 3.24. The molecule has 5 N–H and O–H groups in total. The van der Waals surface area contributed by atoms with E-state index in [0.717, 1.165) is 6.42 Å². The molecule has 4 aromatic rings. The molecule has 33 heavy (non-hydrogen) atoms. The average molecular weight is 450 g/mol. The molecule has 0 fully saturated rings. The molecule has 0 spiro atoms. The predicted octanol–water partition coefficient (Wildman–Crippen LogP) is 2.83. The standard InChI is InChI=1S/C22H23FN8O2/c23-15-6-2-1-5-14(15)13-31-19(16-8-10-33-30-16)11-17(29-31)22-26-12-18(21(25)28-22)27-20(32)7-3-4-9-24/h1-2,5-6,8,10-12H,3-4,7,9,13,24H2,(H,27,32)(H2,25,26,28). The van der Waals surface area contributed by atoms with E-state index in [2.05, 4.69) is 25.5 Å². The Kier molecular flexibility index (Phi) is 6.69. The fraction of sp³-hybridized carbons (Fsp3) is 0.227. The number of anilines is 2. The highest BCUT2D eigenvalue weighted by molar-refractivity contribution is 5.93. The number of nitrogens with zero attached hydrogens (tertiary/aromatic N) is 5. The molecule has 11 heteroatoms. The van der Waals surface area contributed by atoms with Crippen LogP contribution in [0.5, 0.6) is 0 Å². The molecule has 3 heterocycles. The van der Waals surface area contributed by atoms with Crippen LogP contribution in [0, 0.1) is 5.82 Å². The minimum Gasteiger partial charge on any atom is -0.382 e. The lowest BCUT2D eigenvalue weighted by molar-refractivity contribution is -0.116. The Morgan fingerprint density at radius 2 is 2.03 bits per heavy atom. The summed E-state index contributed by atoms with van der Waals surface area (Å²) in [6.45, 7) is 0.703. The van der Waals surface area contributed by atoms with Gasteiger partial charge in [0.25, 0.3) is 0 Å². The highest BCUT2D eigenvalue weighted by Gasteiger charge is 2.18. The maximum Gasteiger partial charge on any atom is 0.224 e. The summed E-state index contributed by atoms with van der Waals surface area (Å²) in [7, 11) is 0. The highest BCUT2D eigenvalue weighted by atomic mass is 19.1. The summed E-state index contributed by atoms with van der Waals surface area (Å²) >= 11 is 0. The maximum atomic E-state index is 14.2. The van der Waals surface area contributed by atoms with Crippen molar-refractivity contribution < 1.29 is 13.7 Å². The van der Waals surface area contributed by atoms with Gasteiger partial charge in [0.15, 0.2) is 11.6 Å². The largest absolute Gasteiger partial charge is 0.382 e. The minimum absolute atomic E-state index is 0.110. The van der Waals surface area contributed by atoms with Gasteiger partial charge >= 0.3 is 0 Å². The van der Waals surface area contributed by atoms with Gasteiger partial charge in [0.05, 0.1) is 18.4 Å². The second kappa shape index (κ2) is 10.0. The van der Waals surface area contributed by atoms with Crippen molar-refractivity contribution in [3.63, 3.8) is 0 Å². The van der Waals surface area contributed by atoms with Crippen molar-refractivity contribution in [3.8, 4) is 22.9 Å². The number of hydrogen-bond acceptors (Lipinski definition) is 8. The Bertz CT molecular complexity index is 1240. The van der Waals surface area contributed by atoms with Crippen LogP contribution in [0.1, 0.15) is 24.8 Å². The summed E-state index contributed by atoms with van der Waals surface area (Å²) in [4.78, 5) is 20.6. The first-order valence-corrected chi connectivity index (χ1v) is 10.4. The van der Waals surface area contributed by atoms with Crippen molar-refractivity contribution >= 4 is 17.4 Å². The number of nitrogens with two attached hydrogens (primary N) is 2. The number of benzene rings is 1. The van der Waals surface area contributed by atoms with Crippen molar-refractivity contribution in [2.24, 2.45) is 5.73 Å².